The van der Waals surface area contributed by atoms with Gasteiger partial charge in [-0.3, -0.25) is 4.79 Å². The molecule has 0 fully saturated rings. The van der Waals surface area contributed by atoms with Gasteiger partial charge in [-0.15, -0.1) is 0 Å². The SMILES string of the molecule is C=CC(=O)N1CC=C(c2nc(Nc3ncc[nH]3)cc3c2ccn3C)CC1. The van der Waals surface area contributed by atoms with Crippen molar-refractivity contribution >= 4 is 34.1 Å². The zero-order valence-electron chi connectivity index (χ0n) is 14.6. The molecule has 0 aliphatic carbocycles. The summed E-state index contributed by atoms with van der Waals surface area (Å²) in [4.78, 5) is 25.6. The van der Waals surface area contributed by atoms with Crippen LogP contribution in [0.4, 0.5) is 11.8 Å². The molecule has 3 aromatic rings. The van der Waals surface area contributed by atoms with E-state index in [1.54, 1.807) is 17.3 Å². The average molecular weight is 348 g/mol. The van der Waals surface area contributed by atoms with Gasteiger partial charge in [0.25, 0.3) is 0 Å². The van der Waals surface area contributed by atoms with Crippen molar-refractivity contribution in [1.29, 1.82) is 0 Å². The van der Waals surface area contributed by atoms with E-state index in [2.05, 4.69) is 38.6 Å². The summed E-state index contributed by atoms with van der Waals surface area (Å²) in [6.07, 6.45) is 9.69. The number of nitrogens with zero attached hydrogens (tertiary/aromatic N) is 4. The highest BCUT2D eigenvalue weighted by atomic mass is 16.2. The highest BCUT2D eigenvalue weighted by Gasteiger charge is 2.19. The standard InChI is InChI=1S/C19H20N6O/c1-3-17(26)25-10-4-13(5-11-25)18-14-6-9-24(2)15(14)12-16(22-18)23-19-20-7-8-21-19/h3-4,6-9,12H,1,5,10-11H2,2H3,(H2,20,21,22,23). The molecule has 0 atom stereocenters. The molecule has 7 nitrogen and oxygen atoms in total. The molecule has 0 aromatic carbocycles. The van der Waals surface area contributed by atoms with Crippen LogP contribution in [0.15, 0.2) is 49.5 Å². The first-order valence-electron chi connectivity index (χ1n) is 8.49. The van der Waals surface area contributed by atoms with Crippen molar-refractivity contribution in [3.05, 3.63) is 55.1 Å². The second-order valence-corrected chi connectivity index (χ2v) is 6.25. The maximum absolute atomic E-state index is 11.8. The third kappa shape index (κ3) is 2.88. The van der Waals surface area contributed by atoms with Crippen molar-refractivity contribution in [1.82, 2.24) is 24.4 Å². The maximum Gasteiger partial charge on any atom is 0.246 e. The summed E-state index contributed by atoms with van der Waals surface area (Å²) in [6, 6.07) is 4.09. The molecule has 0 radical (unpaired) electrons. The van der Waals surface area contributed by atoms with Crippen LogP contribution in [0.5, 0.6) is 0 Å². The molecule has 1 aliphatic heterocycles. The number of pyridine rings is 1. The van der Waals surface area contributed by atoms with E-state index < -0.39 is 0 Å². The smallest absolute Gasteiger partial charge is 0.246 e. The lowest BCUT2D eigenvalue weighted by Gasteiger charge is -2.25. The van der Waals surface area contributed by atoms with E-state index in [0.717, 1.165) is 34.4 Å². The number of anilines is 2. The minimum atomic E-state index is -0.0358. The summed E-state index contributed by atoms with van der Waals surface area (Å²) >= 11 is 0. The van der Waals surface area contributed by atoms with Crippen molar-refractivity contribution in [3.63, 3.8) is 0 Å². The third-order valence-corrected chi connectivity index (χ3v) is 4.63. The maximum atomic E-state index is 11.8. The lowest BCUT2D eigenvalue weighted by Crippen LogP contribution is -2.33. The fourth-order valence-corrected chi connectivity index (χ4v) is 3.24. The van der Waals surface area contributed by atoms with Crippen LogP contribution in [-0.2, 0) is 11.8 Å². The molecule has 1 amide bonds. The van der Waals surface area contributed by atoms with Gasteiger partial charge in [-0.25, -0.2) is 9.97 Å². The molecule has 26 heavy (non-hydrogen) atoms. The zero-order chi connectivity index (χ0) is 18.1. The van der Waals surface area contributed by atoms with E-state index >= 15 is 0 Å². The van der Waals surface area contributed by atoms with Crippen LogP contribution >= 0.6 is 0 Å². The van der Waals surface area contributed by atoms with Gasteiger partial charge in [0.15, 0.2) is 0 Å². The van der Waals surface area contributed by atoms with Crippen molar-refractivity contribution in [2.24, 2.45) is 7.05 Å². The Morgan fingerprint density at radius 1 is 1.46 bits per heavy atom. The van der Waals surface area contributed by atoms with Crippen molar-refractivity contribution in [3.8, 4) is 0 Å². The van der Waals surface area contributed by atoms with E-state index in [-0.39, 0.29) is 5.91 Å². The topological polar surface area (TPSA) is 78.8 Å². The largest absolute Gasteiger partial charge is 0.350 e. The summed E-state index contributed by atoms with van der Waals surface area (Å²) in [6.45, 7) is 4.80. The van der Waals surface area contributed by atoms with E-state index in [9.17, 15) is 4.79 Å². The molecule has 132 valence electrons. The quantitative estimate of drug-likeness (QED) is 0.711. The molecular weight excluding hydrogens is 328 g/mol. The summed E-state index contributed by atoms with van der Waals surface area (Å²) in [5.74, 6) is 1.35. The molecule has 4 heterocycles. The molecule has 0 bridgehead atoms. The van der Waals surface area contributed by atoms with Crippen LogP contribution in [0.2, 0.25) is 0 Å². The van der Waals surface area contributed by atoms with Crippen molar-refractivity contribution < 1.29 is 4.79 Å². The van der Waals surface area contributed by atoms with Crippen LogP contribution < -0.4 is 5.32 Å². The predicted octanol–water partition coefficient (Wildman–Crippen LogP) is 2.84. The molecule has 2 N–H and O–H groups in total. The van der Waals surface area contributed by atoms with Gasteiger partial charge in [0, 0.05) is 50.2 Å². The van der Waals surface area contributed by atoms with Crippen LogP contribution in [0.1, 0.15) is 12.1 Å². The van der Waals surface area contributed by atoms with Crippen molar-refractivity contribution in [2.75, 3.05) is 18.4 Å². The Morgan fingerprint density at radius 2 is 2.35 bits per heavy atom. The average Bonchev–Trinajstić information content (AvgIpc) is 3.31. The monoisotopic (exact) mass is 348 g/mol. The van der Waals surface area contributed by atoms with Gasteiger partial charge >= 0.3 is 0 Å². The Kier molecular flexibility index (Phi) is 4.04. The number of carbonyl (C=O) groups excluding carboxylic acids is 1. The number of fused-ring (bicyclic) bond motifs is 1. The number of nitrogens with one attached hydrogen (secondary N) is 2. The number of hydrogen-bond acceptors (Lipinski definition) is 4. The van der Waals surface area contributed by atoms with Crippen molar-refractivity contribution in [2.45, 2.75) is 6.42 Å². The minimum absolute atomic E-state index is 0.0358. The van der Waals surface area contributed by atoms with E-state index in [4.69, 9.17) is 4.98 Å². The number of rotatable bonds is 4. The summed E-state index contributed by atoms with van der Waals surface area (Å²) < 4.78 is 2.07. The number of amides is 1. The molecule has 4 rings (SSSR count). The first-order valence-corrected chi connectivity index (χ1v) is 8.49. The molecule has 3 aromatic heterocycles. The summed E-state index contributed by atoms with van der Waals surface area (Å²) in [5, 5.41) is 4.32. The van der Waals surface area contributed by atoms with E-state index in [0.29, 0.717) is 19.0 Å². The Balaban J connectivity index is 1.73. The van der Waals surface area contributed by atoms with Crippen LogP contribution in [0.3, 0.4) is 0 Å². The number of aryl methyl sites for hydroxylation is 1. The van der Waals surface area contributed by atoms with E-state index in [1.165, 1.54) is 6.08 Å². The van der Waals surface area contributed by atoms with Gasteiger partial charge in [-0.05, 0) is 24.1 Å². The lowest BCUT2D eigenvalue weighted by molar-refractivity contribution is -0.125. The first kappa shape index (κ1) is 16.1. The van der Waals surface area contributed by atoms with Gasteiger partial charge in [-0.1, -0.05) is 12.7 Å². The van der Waals surface area contributed by atoms with Gasteiger partial charge in [-0.2, -0.15) is 0 Å². The second kappa shape index (κ2) is 6.51. The molecule has 0 saturated heterocycles. The second-order valence-electron chi connectivity index (χ2n) is 6.25. The molecule has 7 heteroatoms. The Morgan fingerprint density at radius 3 is 3.04 bits per heavy atom. The summed E-state index contributed by atoms with van der Waals surface area (Å²) in [7, 11) is 2.02. The zero-order valence-corrected chi connectivity index (χ0v) is 14.6. The van der Waals surface area contributed by atoms with E-state index in [1.807, 2.05) is 19.3 Å². The van der Waals surface area contributed by atoms with Gasteiger partial charge in [0.2, 0.25) is 11.9 Å². The number of carbonyl (C=O) groups is 1. The summed E-state index contributed by atoms with van der Waals surface area (Å²) in [5.41, 5.74) is 3.19. The van der Waals surface area contributed by atoms with Gasteiger partial charge < -0.3 is 19.8 Å². The van der Waals surface area contributed by atoms with Crippen LogP contribution in [-0.4, -0.2) is 43.4 Å². The third-order valence-electron chi connectivity index (χ3n) is 4.63. The highest BCUT2D eigenvalue weighted by molar-refractivity contribution is 5.94. The molecule has 0 spiro atoms. The number of aromatic nitrogens is 4. The van der Waals surface area contributed by atoms with Crippen LogP contribution in [0, 0.1) is 0 Å². The first-order chi connectivity index (χ1) is 12.7. The highest BCUT2D eigenvalue weighted by Crippen LogP contribution is 2.30. The fourth-order valence-electron chi connectivity index (χ4n) is 3.24. The minimum Gasteiger partial charge on any atom is -0.350 e. The van der Waals surface area contributed by atoms with Gasteiger partial charge in [0.05, 0.1) is 11.2 Å². The Hall–Kier alpha value is -3.35. The number of imidazole rings is 1. The number of H-pyrrole nitrogens is 1. The predicted molar refractivity (Wildman–Crippen MR) is 102 cm³/mol. The Bertz CT molecular complexity index is 999. The van der Waals surface area contributed by atoms with Gasteiger partial charge in [0.1, 0.15) is 5.82 Å². The molecule has 0 unspecified atom stereocenters. The molecular formula is C19H20N6O. The number of aromatic amines is 1. The Labute approximate surface area is 151 Å². The lowest BCUT2D eigenvalue weighted by atomic mass is 10.0. The fraction of sp³-hybridized carbons (Fsp3) is 0.211. The van der Waals surface area contributed by atoms with Crippen LogP contribution in [0.25, 0.3) is 16.5 Å². The number of hydrogen-bond donors (Lipinski definition) is 2. The normalized spacial score (nSPS) is 14.3. The molecule has 0 saturated carbocycles. The molecule has 1 aliphatic rings.